The predicted octanol–water partition coefficient (Wildman–Crippen LogP) is 3.01. The van der Waals surface area contributed by atoms with Gasteiger partial charge in [-0.15, -0.1) is 0 Å². The van der Waals surface area contributed by atoms with Crippen molar-refractivity contribution in [2.24, 2.45) is 5.92 Å². The van der Waals surface area contributed by atoms with E-state index in [2.05, 4.69) is 70.8 Å². The van der Waals surface area contributed by atoms with Gasteiger partial charge in [-0.3, -0.25) is 24.0 Å². The molecule has 2 unspecified atom stereocenters. The van der Waals surface area contributed by atoms with E-state index in [9.17, 15) is 33.9 Å². The molecule has 14 nitrogen and oxygen atoms in total. The van der Waals surface area contributed by atoms with Crippen LogP contribution < -0.4 is 26.6 Å². The highest BCUT2D eigenvalue weighted by atomic mass is 16.5. The number of methoxy groups -OCH3 is 1. The number of aliphatic hydroxyl groups is 1. The van der Waals surface area contributed by atoms with E-state index in [1.165, 1.54) is 6.92 Å². The first-order valence-electron chi connectivity index (χ1n) is 20.0. The summed E-state index contributed by atoms with van der Waals surface area (Å²) in [5, 5.41) is 23.2. The molecule has 0 saturated carbocycles. The second-order valence-corrected chi connectivity index (χ2v) is 15.8. The van der Waals surface area contributed by atoms with E-state index >= 15 is 0 Å². The number of carbonyl (C=O) groups excluding carboxylic acids is 6. The molecule has 0 radical (unpaired) electrons. The molecule has 2 aromatic carbocycles. The maximum Gasteiger partial charge on any atom is 0.330 e. The van der Waals surface area contributed by atoms with Crippen molar-refractivity contribution < 1.29 is 38.6 Å². The second-order valence-electron chi connectivity index (χ2n) is 15.8. The third-order valence-corrected chi connectivity index (χ3v) is 9.74. The van der Waals surface area contributed by atoms with Crippen molar-refractivity contribution in [2.45, 2.75) is 123 Å². The van der Waals surface area contributed by atoms with Gasteiger partial charge < -0.3 is 41.3 Å². The Morgan fingerprint density at radius 3 is 1.81 bits per heavy atom. The van der Waals surface area contributed by atoms with Gasteiger partial charge in [0.2, 0.25) is 23.6 Å². The van der Waals surface area contributed by atoms with Crippen molar-refractivity contribution in [3.8, 4) is 0 Å². The summed E-state index contributed by atoms with van der Waals surface area (Å²) in [5.41, 5.74) is 2.14. The molecule has 0 aliphatic heterocycles. The maximum atomic E-state index is 13.8. The fourth-order valence-corrected chi connectivity index (χ4v) is 6.16. The number of esters is 1. The van der Waals surface area contributed by atoms with Crippen LogP contribution in [0, 0.1) is 5.92 Å². The number of amides is 5. The van der Waals surface area contributed by atoms with Gasteiger partial charge >= 0.3 is 5.97 Å². The number of aliphatic hydroxyl groups excluding tert-OH is 1. The van der Waals surface area contributed by atoms with Crippen molar-refractivity contribution >= 4 is 35.5 Å². The van der Waals surface area contributed by atoms with Crippen LogP contribution in [0.1, 0.15) is 103 Å². The Bertz CT molecular complexity index is 1590. The first-order chi connectivity index (χ1) is 26.9. The van der Waals surface area contributed by atoms with Crippen molar-refractivity contribution in [3.63, 3.8) is 0 Å². The normalized spacial score (nSPS) is 14.1. The molecule has 0 aromatic heterocycles. The highest BCUT2D eigenvalue weighted by Gasteiger charge is 2.32. The fraction of sp³-hybridized carbons (Fsp3) is 0.581. The Labute approximate surface area is 338 Å². The topological polar surface area (TPSA) is 195 Å². The van der Waals surface area contributed by atoms with E-state index < -0.39 is 72.3 Å². The average molecular weight is 795 g/mol. The summed E-state index contributed by atoms with van der Waals surface area (Å²) < 4.78 is 4.68. The standard InChI is InChI=1S/C43H66N6O8/c1-10-49(11-2)24-16-15-19-33(39(53)48-36(27-50)42(56)57-9)45-41(55)34(25-28(3)4)46-37(51)29(5)44-40(54)35(26-30-17-13-12-14-18-30)47-38(52)31-20-22-32(23-21-31)43(6,7)8/h12-14,17-18,20-23,28-29,33-36,50H,10-11,15-16,19,24-27H2,1-9H3,(H,44,54)(H,45,55)(H,46,51)(H,47,52)(H,48,53)/t29-,33-,34-,35?,36?/m0/s1. The number of nitrogens with one attached hydrogen (secondary N) is 5. The third-order valence-electron chi connectivity index (χ3n) is 9.74. The minimum absolute atomic E-state index is 0.0479. The van der Waals surface area contributed by atoms with Gasteiger partial charge in [0.15, 0.2) is 6.04 Å². The predicted molar refractivity (Wildman–Crippen MR) is 220 cm³/mol. The van der Waals surface area contributed by atoms with Crippen LogP contribution in [0.15, 0.2) is 54.6 Å². The Morgan fingerprint density at radius 2 is 1.26 bits per heavy atom. The molecule has 6 N–H and O–H groups in total. The van der Waals surface area contributed by atoms with Crippen molar-refractivity contribution in [1.29, 1.82) is 0 Å². The quantitative estimate of drug-likeness (QED) is 0.0725. The number of rotatable bonds is 23. The number of benzene rings is 2. The second kappa shape index (κ2) is 24.1. The molecule has 57 heavy (non-hydrogen) atoms. The van der Waals surface area contributed by atoms with Gasteiger partial charge in [-0.05, 0) is 86.8 Å². The molecule has 5 amide bonds. The SMILES string of the molecule is CCN(CC)CCCC[C@H](NC(=O)[C@H](CC(C)C)NC(=O)[C@H](C)NC(=O)C(Cc1ccccc1)NC(=O)c1ccc(C(C)(C)C)cc1)C(=O)NC(CO)C(=O)OC. The number of unbranched alkanes of at least 4 members (excludes halogenated alkanes) is 1. The lowest BCUT2D eigenvalue weighted by Gasteiger charge is -2.27. The van der Waals surface area contributed by atoms with Crippen LogP contribution in [0.25, 0.3) is 0 Å². The Hall–Kier alpha value is -4.82. The molecule has 0 saturated heterocycles. The molecule has 316 valence electrons. The summed E-state index contributed by atoms with van der Waals surface area (Å²) in [7, 11) is 1.14. The third kappa shape index (κ3) is 16.7. The number of hydrogen-bond donors (Lipinski definition) is 6. The van der Waals surface area contributed by atoms with Crippen molar-refractivity contribution in [3.05, 3.63) is 71.3 Å². The van der Waals surface area contributed by atoms with E-state index in [-0.39, 0.29) is 30.6 Å². The molecule has 5 atom stereocenters. The van der Waals surface area contributed by atoms with Crippen LogP contribution in [-0.4, -0.2) is 109 Å². The van der Waals surface area contributed by atoms with Crippen molar-refractivity contribution in [1.82, 2.24) is 31.5 Å². The van der Waals surface area contributed by atoms with Gasteiger partial charge in [0.1, 0.15) is 24.2 Å². The smallest absolute Gasteiger partial charge is 0.330 e. The van der Waals surface area contributed by atoms with Gasteiger partial charge in [0, 0.05) is 12.0 Å². The molecule has 0 heterocycles. The molecule has 0 spiro atoms. The molecule has 0 aliphatic carbocycles. The Kier molecular flexibility index (Phi) is 20.4. The van der Waals surface area contributed by atoms with E-state index in [0.29, 0.717) is 12.0 Å². The zero-order valence-electron chi connectivity index (χ0n) is 35.3. The lowest BCUT2D eigenvalue weighted by Crippen LogP contribution is -2.59. The monoisotopic (exact) mass is 794 g/mol. The molecular weight excluding hydrogens is 729 g/mol. The molecule has 2 rings (SSSR count). The summed E-state index contributed by atoms with van der Waals surface area (Å²) in [6.07, 6.45) is 1.94. The minimum Gasteiger partial charge on any atom is -0.467 e. The number of ether oxygens (including phenoxy) is 1. The molecule has 0 bridgehead atoms. The number of hydrogen-bond acceptors (Lipinski definition) is 9. The van der Waals surface area contributed by atoms with E-state index in [0.717, 1.165) is 44.3 Å². The van der Waals surface area contributed by atoms with Crippen LogP contribution in [0.4, 0.5) is 0 Å². The first-order valence-corrected chi connectivity index (χ1v) is 20.0. The van der Waals surface area contributed by atoms with E-state index in [4.69, 9.17) is 0 Å². The first kappa shape index (κ1) is 48.3. The minimum atomic E-state index is -1.32. The van der Waals surface area contributed by atoms with E-state index in [1.807, 2.05) is 56.3 Å². The Balaban J connectivity index is 2.23. The summed E-state index contributed by atoms with van der Waals surface area (Å²) >= 11 is 0. The molecule has 14 heteroatoms. The van der Waals surface area contributed by atoms with E-state index in [1.54, 1.807) is 12.1 Å². The molecule has 0 fully saturated rings. The fourth-order valence-electron chi connectivity index (χ4n) is 6.16. The Morgan fingerprint density at radius 1 is 0.702 bits per heavy atom. The van der Waals surface area contributed by atoms with Gasteiger partial charge in [-0.2, -0.15) is 0 Å². The summed E-state index contributed by atoms with van der Waals surface area (Å²) in [5.74, 6) is -3.85. The molecule has 0 aliphatic rings. The van der Waals surface area contributed by atoms with Crippen LogP contribution >= 0.6 is 0 Å². The molecule has 2 aromatic rings. The van der Waals surface area contributed by atoms with Crippen LogP contribution in [0.5, 0.6) is 0 Å². The molecular formula is C43H66N6O8. The number of nitrogens with zero attached hydrogens (tertiary/aromatic N) is 1. The van der Waals surface area contributed by atoms with Crippen LogP contribution in [0.3, 0.4) is 0 Å². The summed E-state index contributed by atoms with van der Waals surface area (Å²) in [6, 6.07) is 10.8. The van der Waals surface area contributed by atoms with Gasteiger partial charge in [0.05, 0.1) is 13.7 Å². The van der Waals surface area contributed by atoms with Gasteiger partial charge in [0.25, 0.3) is 5.91 Å². The van der Waals surface area contributed by atoms with Crippen LogP contribution in [-0.2, 0) is 40.5 Å². The van der Waals surface area contributed by atoms with Crippen molar-refractivity contribution in [2.75, 3.05) is 33.4 Å². The zero-order chi connectivity index (χ0) is 42.7. The summed E-state index contributed by atoms with van der Waals surface area (Å²) in [4.78, 5) is 82.3. The largest absolute Gasteiger partial charge is 0.467 e. The van der Waals surface area contributed by atoms with Crippen LogP contribution in [0.2, 0.25) is 0 Å². The lowest BCUT2D eigenvalue weighted by atomic mass is 9.86. The zero-order valence-corrected chi connectivity index (χ0v) is 35.3. The highest BCUT2D eigenvalue weighted by Crippen LogP contribution is 2.22. The van der Waals surface area contributed by atoms with Gasteiger partial charge in [-0.25, -0.2) is 4.79 Å². The number of carbonyl (C=O) groups is 6. The maximum absolute atomic E-state index is 13.8. The average Bonchev–Trinajstić information content (AvgIpc) is 3.18. The lowest BCUT2D eigenvalue weighted by molar-refractivity contribution is -0.146. The summed E-state index contributed by atoms with van der Waals surface area (Å²) in [6.45, 7) is 17.4. The highest BCUT2D eigenvalue weighted by molar-refractivity contribution is 5.99. The van der Waals surface area contributed by atoms with Gasteiger partial charge in [-0.1, -0.05) is 90.9 Å².